The number of aliphatic imine (C=N–C) groups is 1. The number of aliphatic hydroxyl groups excluding tert-OH is 1. The van der Waals surface area contributed by atoms with E-state index in [0.29, 0.717) is 47.0 Å². The maximum atomic E-state index is 15.1. The molecule has 98 heavy (non-hydrogen) atoms. The van der Waals surface area contributed by atoms with E-state index in [1.54, 1.807) is 74.6 Å². The van der Waals surface area contributed by atoms with E-state index in [9.17, 15) is 53.1 Å². The molecule has 4 aromatic rings. The van der Waals surface area contributed by atoms with E-state index in [2.05, 4.69) is 78.4 Å². The molecule has 0 aliphatic carbocycles. The molecule has 2 aliphatic rings. The van der Waals surface area contributed by atoms with Gasteiger partial charge in [-0.05, 0) is 74.5 Å². The van der Waals surface area contributed by atoms with E-state index in [1.807, 2.05) is 6.92 Å². The zero-order valence-electron chi connectivity index (χ0n) is 55.5. The van der Waals surface area contributed by atoms with Crippen molar-refractivity contribution < 1.29 is 67.4 Å². The van der Waals surface area contributed by atoms with Crippen molar-refractivity contribution in [3.8, 4) is 0 Å². The molecule has 13 amide bonds. The van der Waals surface area contributed by atoms with Crippen LogP contribution in [-0.4, -0.2) is 201 Å². The van der Waals surface area contributed by atoms with Gasteiger partial charge >= 0.3 is 0 Å². The molecule has 532 valence electrons. The molecule has 0 saturated carbocycles. The molecule has 0 spiro atoms. The molecule has 33 heteroatoms. The first-order valence-electron chi connectivity index (χ1n) is 32.9. The van der Waals surface area contributed by atoms with Crippen LogP contribution < -0.4 is 75.7 Å². The normalized spacial score (nSPS) is 21.1. The van der Waals surface area contributed by atoms with Crippen molar-refractivity contribution in [2.24, 2.45) is 28.1 Å². The first-order valence-corrected chi connectivity index (χ1v) is 32.9. The number of hydrogen-bond acceptors (Lipinski definition) is 16. The molecule has 33 nitrogen and oxygen atoms in total. The monoisotopic (exact) mass is 1360 g/mol. The third kappa shape index (κ3) is 23.7. The van der Waals surface area contributed by atoms with E-state index >= 15 is 14.4 Å². The summed E-state index contributed by atoms with van der Waals surface area (Å²) in [5, 5.41) is 39.7. The Morgan fingerprint density at radius 3 is 2.04 bits per heavy atom. The average molecular weight is 1360 g/mol. The zero-order chi connectivity index (χ0) is 71.4. The molecule has 10 atom stereocenters. The lowest BCUT2D eigenvalue weighted by molar-refractivity contribution is -0.140. The van der Waals surface area contributed by atoms with Gasteiger partial charge in [0.1, 0.15) is 60.4 Å². The van der Waals surface area contributed by atoms with Crippen LogP contribution >= 0.6 is 0 Å². The van der Waals surface area contributed by atoms with Crippen molar-refractivity contribution >= 4 is 93.7 Å². The van der Waals surface area contributed by atoms with Crippen molar-refractivity contribution in [2.45, 2.75) is 178 Å². The van der Waals surface area contributed by atoms with E-state index < -0.39 is 157 Å². The number of hydrogen-bond donors (Lipinski definition) is 17. The Kier molecular flexibility index (Phi) is 29.9. The smallest absolute Gasteiger partial charge is 0.245 e. The third-order valence-corrected chi connectivity index (χ3v) is 16.7. The molecule has 20 N–H and O–H groups in total. The molecule has 2 aliphatic heterocycles. The number of primary amides is 1. The molecular formula is C65H93N19O14. The number of carbonyl (C=O) groups is 13. The maximum absolute atomic E-state index is 15.1. The van der Waals surface area contributed by atoms with Crippen molar-refractivity contribution in [1.82, 2.24) is 78.3 Å². The van der Waals surface area contributed by atoms with Crippen LogP contribution in [0.25, 0.3) is 10.9 Å². The van der Waals surface area contributed by atoms with E-state index in [-0.39, 0.29) is 95.7 Å². The Balaban J connectivity index is 1.40. The van der Waals surface area contributed by atoms with E-state index in [0.717, 1.165) is 6.92 Å². The Bertz CT molecular complexity index is 3450. The summed E-state index contributed by atoms with van der Waals surface area (Å²) in [4.78, 5) is 198. The quantitative estimate of drug-likeness (QED) is 0.0165. The number of aromatic nitrogens is 3. The highest BCUT2D eigenvalue weighted by Gasteiger charge is 2.39. The van der Waals surface area contributed by atoms with Crippen molar-refractivity contribution in [1.29, 1.82) is 0 Å². The maximum Gasteiger partial charge on any atom is 0.245 e. The fraction of sp³-hybridized carbons (Fsp3) is 0.523. The molecular weight excluding hydrogens is 1270 g/mol. The summed E-state index contributed by atoms with van der Waals surface area (Å²) in [6.45, 7) is 4.88. The van der Waals surface area contributed by atoms with Crippen LogP contribution in [-0.2, 0) is 81.6 Å². The summed E-state index contributed by atoms with van der Waals surface area (Å²) in [5.41, 5.74) is 19.0. The van der Waals surface area contributed by atoms with Crippen molar-refractivity contribution in [3.63, 3.8) is 0 Å². The second-order valence-electron chi connectivity index (χ2n) is 24.6. The number of nitrogens with zero attached hydrogens (tertiary/aromatic N) is 3. The second-order valence-corrected chi connectivity index (χ2v) is 24.6. The molecule has 0 unspecified atom stereocenters. The summed E-state index contributed by atoms with van der Waals surface area (Å²) in [5.74, 6) is -11.5. The highest BCUT2D eigenvalue weighted by Crippen LogP contribution is 2.21. The highest BCUT2D eigenvalue weighted by molar-refractivity contribution is 6.00. The number of unbranched alkanes of at least 4 members (excludes halogenated alkanes) is 1. The minimum absolute atomic E-state index is 0.00189. The summed E-state index contributed by atoms with van der Waals surface area (Å²) in [7, 11) is 0. The number of guanidine groups is 1. The van der Waals surface area contributed by atoms with E-state index in [4.69, 9.17) is 17.2 Å². The van der Waals surface area contributed by atoms with Crippen LogP contribution in [0.5, 0.6) is 0 Å². The SMILES string of the molecule is CCCC[C@H](NC(=O)[C@H](CO)NC(C)=O)C(=O)N[C@H]1CC(=O)NCCCC[C@H](C(=O)NCC(=O)N2CCC[C@H]2C(=O)N[C@H](C(N)=O)C(C)C)NC(=O)[C@H](Cc2c[nH]c3ccccc23)NC(=O)[C@H](CCCN=C(N)N)NC(=O)[C@@H](Cc2ccccc2)NC(=O)[C@H](Cc2cnc[nH]2)NC1=O. The van der Waals surface area contributed by atoms with Gasteiger partial charge in [0.2, 0.25) is 76.8 Å². The molecule has 2 saturated heterocycles. The van der Waals surface area contributed by atoms with E-state index in [1.165, 1.54) is 17.4 Å². The number of benzene rings is 2. The van der Waals surface area contributed by atoms with Crippen LogP contribution in [0.15, 0.2) is 78.3 Å². The predicted octanol–water partition coefficient (Wildman–Crippen LogP) is -3.52. The lowest BCUT2D eigenvalue weighted by Gasteiger charge is -2.28. The topological polar surface area (TPSA) is 513 Å². The van der Waals surface area contributed by atoms with Gasteiger partial charge in [0, 0.05) is 74.8 Å². The van der Waals surface area contributed by atoms with Gasteiger partial charge in [-0.3, -0.25) is 67.3 Å². The van der Waals surface area contributed by atoms with Crippen LogP contribution in [0, 0.1) is 5.92 Å². The molecule has 0 bridgehead atoms. The number of aromatic amines is 2. The molecule has 6 rings (SSSR count). The minimum Gasteiger partial charge on any atom is -0.394 e. The summed E-state index contributed by atoms with van der Waals surface area (Å²) >= 11 is 0. The fourth-order valence-corrected chi connectivity index (χ4v) is 11.4. The van der Waals surface area contributed by atoms with Crippen LogP contribution in [0.1, 0.15) is 115 Å². The number of para-hydroxylation sites is 1. The van der Waals surface area contributed by atoms with Gasteiger partial charge in [-0.1, -0.05) is 82.1 Å². The molecule has 2 fully saturated rings. The lowest BCUT2D eigenvalue weighted by atomic mass is 10.0. The average Bonchev–Trinajstić information content (AvgIpc) is 1.61. The molecule has 4 heterocycles. The number of H-pyrrole nitrogens is 2. The summed E-state index contributed by atoms with van der Waals surface area (Å²) in [6, 6.07) is 1.50. The first kappa shape index (κ1) is 76.5. The number of amides is 13. The van der Waals surface area contributed by atoms with Gasteiger partial charge < -0.3 is 95.7 Å². The predicted molar refractivity (Wildman–Crippen MR) is 357 cm³/mol. The number of nitrogens with two attached hydrogens (primary N) is 3. The van der Waals surface area contributed by atoms with Crippen molar-refractivity contribution in [3.05, 3.63) is 90.1 Å². The van der Waals surface area contributed by atoms with Gasteiger partial charge in [-0.15, -0.1) is 0 Å². The number of nitrogens with one attached hydrogen (secondary N) is 13. The summed E-state index contributed by atoms with van der Waals surface area (Å²) < 4.78 is 0. The number of fused-ring (bicyclic) bond motifs is 1. The lowest BCUT2D eigenvalue weighted by Crippen LogP contribution is -2.61. The number of likely N-dealkylation sites (tertiary alicyclic amines) is 1. The Morgan fingerprint density at radius 1 is 0.714 bits per heavy atom. The first-order chi connectivity index (χ1) is 46.8. The fourth-order valence-electron chi connectivity index (χ4n) is 11.4. The number of rotatable bonds is 26. The van der Waals surface area contributed by atoms with Crippen LogP contribution in [0.4, 0.5) is 0 Å². The molecule has 0 radical (unpaired) electrons. The number of aliphatic hydroxyl groups is 1. The highest BCUT2D eigenvalue weighted by atomic mass is 16.3. The van der Waals surface area contributed by atoms with Gasteiger partial charge in [0.15, 0.2) is 5.96 Å². The number of imidazole rings is 1. The Hall–Kier alpha value is -10.5. The minimum atomic E-state index is -1.78. The second kappa shape index (κ2) is 38.3. The molecule has 2 aromatic heterocycles. The Morgan fingerprint density at radius 2 is 1.38 bits per heavy atom. The Labute approximate surface area is 566 Å². The van der Waals surface area contributed by atoms with Gasteiger partial charge in [-0.2, -0.15) is 0 Å². The van der Waals surface area contributed by atoms with Crippen molar-refractivity contribution in [2.75, 3.05) is 32.8 Å². The van der Waals surface area contributed by atoms with Gasteiger partial charge in [0.05, 0.1) is 25.9 Å². The molecule has 2 aromatic carbocycles. The number of carbonyl (C=O) groups excluding carboxylic acids is 13. The largest absolute Gasteiger partial charge is 0.394 e. The standard InChI is InChI=1S/C65H93N19O14/c1-5-6-19-44(78-63(97)50(34-85)75-37(4)86)57(91)82-49-30-52(87)70-24-13-12-21-43(56(90)73-33-53(88)84-26-15-23-51(84)64(98)83-54(36(2)3)55(66)89)76-60(94)47(28-39-31-72-42-20-11-10-18-41(39)42)80-58(92)45(22-14-25-71-65(67)68)77-59(93)46(27-38-16-8-7-9-17-38)79-61(95)48(81-62(49)96)29-40-32-69-35-74-40/h7-11,16-18,20,31-32,35-36,43-51,54,72,85H,5-6,12-15,19,21-30,33-34H2,1-4H3,(H2,66,89)(H,69,74)(H,70,87)(H,73,90)(H,75,86)(H,76,94)(H,77,93)(H,78,97)(H,79,95)(H,80,92)(H,81,96)(H,82,91)(H,83,98)(H4,67,68,71)/t43-,44+,45+,46-,47+,48+,49+,50+,51+,54+/m1/s1. The van der Waals surface area contributed by atoms with Crippen LogP contribution in [0.3, 0.4) is 0 Å². The van der Waals surface area contributed by atoms with Crippen LogP contribution in [0.2, 0.25) is 0 Å². The van der Waals surface area contributed by atoms with Gasteiger partial charge in [0.25, 0.3) is 0 Å². The van der Waals surface area contributed by atoms with Gasteiger partial charge in [-0.25, -0.2) is 4.98 Å². The third-order valence-electron chi connectivity index (χ3n) is 16.7. The zero-order valence-corrected chi connectivity index (χ0v) is 55.5. The summed E-state index contributed by atoms with van der Waals surface area (Å²) in [6.07, 6.45) is 4.46.